The Morgan fingerprint density at radius 1 is 1.24 bits per heavy atom. The molecule has 0 spiro atoms. The Kier molecular flexibility index (Phi) is 4.04. The Bertz CT molecular complexity index is 610. The SMILES string of the molecule is O=C(NCc1nccc(N2CCCC2)n1)c1cccnc1. The summed E-state index contributed by atoms with van der Waals surface area (Å²) in [4.78, 5) is 26.8. The molecule has 1 aliphatic rings. The van der Waals surface area contributed by atoms with E-state index in [1.165, 1.54) is 19.0 Å². The fourth-order valence-corrected chi connectivity index (χ4v) is 2.35. The number of amides is 1. The van der Waals surface area contributed by atoms with Crippen molar-refractivity contribution >= 4 is 11.7 Å². The standard InChI is InChI=1S/C15H17N5O/c21-15(12-4-3-6-16-10-12)18-11-13-17-7-5-14(19-13)20-8-1-2-9-20/h3-7,10H,1-2,8-9,11H2,(H,18,21). The zero-order valence-corrected chi connectivity index (χ0v) is 11.7. The van der Waals surface area contributed by atoms with Crippen LogP contribution in [0.3, 0.4) is 0 Å². The molecule has 0 aliphatic carbocycles. The summed E-state index contributed by atoms with van der Waals surface area (Å²) < 4.78 is 0. The molecule has 2 aromatic rings. The lowest BCUT2D eigenvalue weighted by Gasteiger charge is -2.16. The molecule has 1 fully saturated rings. The van der Waals surface area contributed by atoms with Gasteiger partial charge in [-0.2, -0.15) is 0 Å². The van der Waals surface area contributed by atoms with Gasteiger partial charge in [-0.25, -0.2) is 9.97 Å². The first-order valence-corrected chi connectivity index (χ1v) is 7.08. The first kappa shape index (κ1) is 13.5. The normalized spacial score (nSPS) is 14.2. The van der Waals surface area contributed by atoms with E-state index in [2.05, 4.69) is 25.2 Å². The van der Waals surface area contributed by atoms with Gasteiger partial charge in [-0.1, -0.05) is 0 Å². The van der Waals surface area contributed by atoms with Gasteiger partial charge in [-0.05, 0) is 31.0 Å². The summed E-state index contributed by atoms with van der Waals surface area (Å²) >= 11 is 0. The van der Waals surface area contributed by atoms with Crippen LogP contribution in [0.2, 0.25) is 0 Å². The number of hydrogen-bond acceptors (Lipinski definition) is 5. The Hall–Kier alpha value is -2.50. The highest BCUT2D eigenvalue weighted by Gasteiger charge is 2.14. The fraction of sp³-hybridized carbons (Fsp3) is 0.333. The highest BCUT2D eigenvalue weighted by molar-refractivity contribution is 5.93. The van der Waals surface area contributed by atoms with Crippen LogP contribution in [-0.2, 0) is 6.54 Å². The topological polar surface area (TPSA) is 71.0 Å². The highest BCUT2D eigenvalue weighted by Crippen LogP contribution is 2.16. The van der Waals surface area contributed by atoms with Gasteiger partial charge in [0.05, 0.1) is 12.1 Å². The van der Waals surface area contributed by atoms with E-state index in [0.29, 0.717) is 17.9 Å². The van der Waals surface area contributed by atoms with E-state index in [1.54, 1.807) is 24.5 Å². The number of carbonyl (C=O) groups excluding carboxylic acids is 1. The number of hydrogen-bond donors (Lipinski definition) is 1. The number of pyridine rings is 1. The molecule has 0 unspecified atom stereocenters. The summed E-state index contributed by atoms with van der Waals surface area (Å²) in [5.74, 6) is 1.39. The largest absolute Gasteiger partial charge is 0.357 e. The minimum absolute atomic E-state index is 0.168. The van der Waals surface area contributed by atoms with Crippen LogP contribution in [0.15, 0.2) is 36.8 Å². The zero-order valence-electron chi connectivity index (χ0n) is 11.7. The first-order chi connectivity index (χ1) is 10.3. The van der Waals surface area contributed by atoms with Crippen LogP contribution in [0, 0.1) is 0 Å². The molecule has 3 heterocycles. The summed E-state index contributed by atoms with van der Waals surface area (Å²) in [5.41, 5.74) is 0.535. The van der Waals surface area contributed by atoms with Crippen molar-refractivity contribution in [2.75, 3.05) is 18.0 Å². The molecule has 1 saturated heterocycles. The lowest BCUT2D eigenvalue weighted by atomic mass is 10.3. The number of nitrogens with one attached hydrogen (secondary N) is 1. The maximum absolute atomic E-state index is 11.9. The lowest BCUT2D eigenvalue weighted by molar-refractivity contribution is 0.0949. The van der Waals surface area contributed by atoms with Crippen LogP contribution in [0.5, 0.6) is 0 Å². The second-order valence-corrected chi connectivity index (χ2v) is 4.95. The zero-order chi connectivity index (χ0) is 14.5. The van der Waals surface area contributed by atoms with Gasteiger partial charge in [-0.3, -0.25) is 9.78 Å². The Balaban J connectivity index is 1.63. The molecule has 1 N–H and O–H groups in total. The maximum atomic E-state index is 11.9. The molecule has 0 radical (unpaired) electrons. The number of rotatable bonds is 4. The van der Waals surface area contributed by atoms with Crippen molar-refractivity contribution < 1.29 is 4.79 Å². The number of anilines is 1. The van der Waals surface area contributed by atoms with Crippen LogP contribution in [0.25, 0.3) is 0 Å². The summed E-state index contributed by atoms with van der Waals surface area (Å²) in [6.07, 6.45) is 7.33. The Morgan fingerprint density at radius 3 is 2.86 bits per heavy atom. The van der Waals surface area contributed by atoms with E-state index in [1.807, 2.05) is 6.07 Å². The molecule has 1 amide bonds. The second kappa shape index (κ2) is 6.30. The van der Waals surface area contributed by atoms with Gasteiger partial charge in [0.25, 0.3) is 5.91 Å². The third-order valence-electron chi connectivity index (χ3n) is 3.45. The van der Waals surface area contributed by atoms with Gasteiger partial charge in [0.15, 0.2) is 0 Å². The third kappa shape index (κ3) is 3.34. The predicted octanol–water partition coefficient (Wildman–Crippen LogP) is 1.40. The first-order valence-electron chi connectivity index (χ1n) is 7.08. The Labute approximate surface area is 123 Å². The van der Waals surface area contributed by atoms with Gasteiger partial charge in [0, 0.05) is 31.7 Å². The summed E-state index contributed by atoms with van der Waals surface area (Å²) in [5, 5.41) is 2.81. The van der Waals surface area contributed by atoms with E-state index < -0.39 is 0 Å². The van der Waals surface area contributed by atoms with Crippen molar-refractivity contribution in [3.63, 3.8) is 0 Å². The van der Waals surface area contributed by atoms with Gasteiger partial charge < -0.3 is 10.2 Å². The van der Waals surface area contributed by atoms with Crippen molar-refractivity contribution in [1.29, 1.82) is 0 Å². The lowest BCUT2D eigenvalue weighted by Crippen LogP contribution is -2.25. The van der Waals surface area contributed by atoms with Gasteiger partial charge in [0.1, 0.15) is 11.6 Å². The summed E-state index contributed by atoms with van der Waals surface area (Å²) in [6, 6.07) is 5.38. The molecule has 0 aromatic carbocycles. The molecular weight excluding hydrogens is 266 g/mol. The molecule has 6 nitrogen and oxygen atoms in total. The van der Waals surface area contributed by atoms with Crippen molar-refractivity contribution in [3.8, 4) is 0 Å². The molecule has 0 bridgehead atoms. The van der Waals surface area contributed by atoms with E-state index in [-0.39, 0.29) is 5.91 Å². The quantitative estimate of drug-likeness (QED) is 0.918. The molecular formula is C15H17N5O. The van der Waals surface area contributed by atoms with Crippen LogP contribution >= 0.6 is 0 Å². The molecule has 3 rings (SSSR count). The van der Waals surface area contributed by atoms with E-state index >= 15 is 0 Å². The van der Waals surface area contributed by atoms with Gasteiger partial charge in [-0.15, -0.1) is 0 Å². The molecule has 108 valence electrons. The van der Waals surface area contributed by atoms with Crippen molar-refractivity contribution in [2.45, 2.75) is 19.4 Å². The van der Waals surface area contributed by atoms with Crippen LogP contribution in [-0.4, -0.2) is 33.9 Å². The van der Waals surface area contributed by atoms with Crippen LogP contribution < -0.4 is 10.2 Å². The maximum Gasteiger partial charge on any atom is 0.253 e. The molecule has 1 aliphatic heterocycles. The van der Waals surface area contributed by atoms with E-state index in [9.17, 15) is 4.79 Å². The van der Waals surface area contributed by atoms with Crippen LogP contribution in [0.4, 0.5) is 5.82 Å². The minimum atomic E-state index is -0.168. The van der Waals surface area contributed by atoms with Crippen molar-refractivity contribution in [3.05, 3.63) is 48.2 Å². The Morgan fingerprint density at radius 2 is 2.10 bits per heavy atom. The second-order valence-electron chi connectivity index (χ2n) is 4.95. The molecule has 21 heavy (non-hydrogen) atoms. The monoisotopic (exact) mass is 283 g/mol. The fourth-order valence-electron chi connectivity index (χ4n) is 2.35. The smallest absolute Gasteiger partial charge is 0.253 e. The third-order valence-corrected chi connectivity index (χ3v) is 3.45. The highest BCUT2D eigenvalue weighted by atomic mass is 16.1. The van der Waals surface area contributed by atoms with Crippen molar-refractivity contribution in [1.82, 2.24) is 20.3 Å². The predicted molar refractivity (Wildman–Crippen MR) is 78.9 cm³/mol. The molecule has 0 saturated carbocycles. The van der Waals surface area contributed by atoms with E-state index in [0.717, 1.165) is 18.9 Å². The number of nitrogens with zero attached hydrogens (tertiary/aromatic N) is 4. The molecule has 6 heteroatoms. The average Bonchev–Trinajstić information content (AvgIpc) is 3.08. The number of aromatic nitrogens is 3. The van der Waals surface area contributed by atoms with E-state index in [4.69, 9.17) is 0 Å². The molecule has 0 atom stereocenters. The molecule has 2 aromatic heterocycles. The summed E-state index contributed by atoms with van der Waals surface area (Å²) in [7, 11) is 0. The minimum Gasteiger partial charge on any atom is -0.357 e. The van der Waals surface area contributed by atoms with Gasteiger partial charge >= 0.3 is 0 Å². The number of carbonyl (C=O) groups is 1. The van der Waals surface area contributed by atoms with Gasteiger partial charge in [0.2, 0.25) is 0 Å². The van der Waals surface area contributed by atoms with Crippen LogP contribution in [0.1, 0.15) is 29.0 Å². The van der Waals surface area contributed by atoms with Crippen molar-refractivity contribution in [2.24, 2.45) is 0 Å². The average molecular weight is 283 g/mol. The summed E-state index contributed by atoms with van der Waals surface area (Å²) in [6.45, 7) is 2.40.